The Hall–Kier alpha value is -1.04. The van der Waals surface area contributed by atoms with E-state index in [0.717, 1.165) is 12.8 Å². The second-order valence-corrected chi connectivity index (χ2v) is 4.45. The summed E-state index contributed by atoms with van der Waals surface area (Å²) >= 11 is 0. The second kappa shape index (κ2) is 4.65. The van der Waals surface area contributed by atoms with E-state index in [1.165, 1.54) is 24.8 Å². The van der Waals surface area contributed by atoms with Crippen LogP contribution >= 0.6 is 0 Å². The minimum atomic E-state index is 1.14. The van der Waals surface area contributed by atoms with Crippen molar-refractivity contribution in [3.8, 4) is 0 Å². The molecule has 0 aromatic carbocycles. The number of allylic oxidation sites excluding steroid dienone is 8. The van der Waals surface area contributed by atoms with Crippen molar-refractivity contribution < 1.29 is 0 Å². The lowest BCUT2D eigenvalue weighted by Gasteiger charge is -2.11. The van der Waals surface area contributed by atoms with Gasteiger partial charge < -0.3 is 0 Å². The van der Waals surface area contributed by atoms with E-state index in [1.807, 2.05) is 0 Å². The lowest BCUT2D eigenvalue weighted by Crippen LogP contribution is -1.92. The molecule has 0 heterocycles. The Labute approximate surface area is 93.1 Å². The van der Waals surface area contributed by atoms with Gasteiger partial charge in [-0.1, -0.05) is 37.6 Å². The van der Waals surface area contributed by atoms with Gasteiger partial charge in [0.25, 0.3) is 0 Å². The van der Waals surface area contributed by atoms with E-state index >= 15 is 0 Å². The average molecular weight is 200 g/mol. The Kier molecular flexibility index (Phi) is 3.25. The van der Waals surface area contributed by atoms with Crippen molar-refractivity contribution in [3.63, 3.8) is 0 Å². The average Bonchev–Trinajstić information content (AvgIpc) is 2.82. The third-order valence-corrected chi connectivity index (χ3v) is 3.32. The SMILES string of the molecule is CCCCC1=CCC=C1C1=C(C)C=CC1. The summed E-state index contributed by atoms with van der Waals surface area (Å²) in [6.45, 7) is 4.50. The maximum atomic E-state index is 2.41. The lowest BCUT2D eigenvalue weighted by molar-refractivity contribution is 0.793. The van der Waals surface area contributed by atoms with Gasteiger partial charge in [0.1, 0.15) is 0 Å². The van der Waals surface area contributed by atoms with Crippen molar-refractivity contribution in [3.05, 3.63) is 46.6 Å². The molecule has 0 saturated heterocycles. The first kappa shape index (κ1) is 10.5. The largest absolute Gasteiger partial charge is 0.0798 e. The smallest absolute Gasteiger partial charge is 0.00857 e. The van der Waals surface area contributed by atoms with Crippen LogP contribution < -0.4 is 0 Å². The van der Waals surface area contributed by atoms with Crippen molar-refractivity contribution in [1.29, 1.82) is 0 Å². The first-order chi connectivity index (χ1) is 7.33. The van der Waals surface area contributed by atoms with E-state index in [9.17, 15) is 0 Å². The van der Waals surface area contributed by atoms with E-state index < -0.39 is 0 Å². The molecule has 0 saturated carbocycles. The highest BCUT2D eigenvalue weighted by atomic mass is 14.2. The number of hydrogen-bond donors (Lipinski definition) is 0. The molecule has 0 aromatic rings. The fourth-order valence-electron chi connectivity index (χ4n) is 2.42. The summed E-state index contributed by atoms with van der Waals surface area (Å²) in [4.78, 5) is 0. The van der Waals surface area contributed by atoms with E-state index in [4.69, 9.17) is 0 Å². The molecule has 0 amide bonds. The summed E-state index contributed by atoms with van der Waals surface area (Å²) in [6, 6.07) is 0. The molecule has 0 heteroatoms. The first-order valence-electron chi connectivity index (χ1n) is 6.09. The van der Waals surface area contributed by atoms with E-state index in [1.54, 1.807) is 16.7 Å². The standard InChI is InChI=1S/C15H20/c1-3-4-8-13-9-6-11-15(13)14-10-5-7-12(14)2/h5,7,9,11H,3-4,6,8,10H2,1-2H3. The number of unbranched alkanes of at least 4 members (excludes halogenated alkanes) is 1. The third-order valence-electron chi connectivity index (χ3n) is 3.32. The van der Waals surface area contributed by atoms with Gasteiger partial charge in [0.15, 0.2) is 0 Å². The van der Waals surface area contributed by atoms with Crippen molar-refractivity contribution >= 4 is 0 Å². The molecule has 0 spiro atoms. The third kappa shape index (κ3) is 2.14. The van der Waals surface area contributed by atoms with Crippen LogP contribution in [0.25, 0.3) is 0 Å². The summed E-state index contributed by atoms with van der Waals surface area (Å²) in [5.41, 5.74) is 6.17. The lowest BCUT2D eigenvalue weighted by atomic mass is 9.94. The van der Waals surface area contributed by atoms with E-state index in [2.05, 4.69) is 38.2 Å². The van der Waals surface area contributed by atoms with Crippen molar-refractivity contribution in [1.82, 2.24) is 0 Å². The van der Waals surface area contributed by atoms with Gasteiger partial charge in [-0.2, -0.15) is 0 Å². The van der Waals surface area contributed by atoms with Crippen LogP contribution in [-0.2, 0) is 0 Å². The highest BCUT2D eigenvalue weighted by molar-refractivity contribution is 5.56. The zero-order valence-electron chi connectivity index (χ0n) is 9.84. The van der Waals surface area contributed by atoms with Crippen LogP contribution in [0.3, 0.4) is 0 Å². The first-order valence-corrected chi connectivity index (χ1v) is 6.09. The quantitative estimate of drug-likeness (QED) is 0.616. The molecule has 0 aliphatic heterocycles. The Morgan fingerprint density at radius 2 is 2.13 bits per heavy atom. The molecule has 0 N–H and O–H groups in total. The Balaban J connectivity index is 2.11. The zero-order valence-corrected chi connectivity index (χ0v) is 9.84. The maximum Gasteiger partial charge on any atom is -0.00857 e. The van der Waals surface area contributed by atoms with Gasteiger partial charge in [-0.05, 0) is 54.9 Å². The maximum absolute atomic E-state index is 2.41. The topological polar surface area (TPSA) is 0 Å². The molecule has 15 heavy (non-hydrogen) atoms. The van der Waals surface area contributed by atoms with Gasteiger partial charge in [-0.25, -0.2) is 0 Å². The molecule has 0 bridgehead atoms. The predicted octanol–water partition coefficient (Wildman–Crippen LogP) is 4.71. The van der Waals surface area contributed by atoms with Gasteiger partial charge >= 0.3 is 0 Å². The van der Waals surface area contributed by atoms with Gasteiger partial charge in [0.2, 0.25) is 0 Å². The molecular weight excluding hydrogens is 180 g/mol. The van der Waals surface area contributed by atoms with Crippen molar-refractivity contribution in [2.24, 2.45) is 0 Å². The molecular formula is C15H20. The van der Waals surface area contributed by atoms with Crippen LogP contribution in [0.4, 0.5) is 0 Å². The molecule has 0 fully saturated rings. The Bertz CT molecular complexity index is 361. The summed E-state index contributed by atoms with van der Waals surface area (Å²) in [5.74, 6) is 0. The molecule has 2 aliphatic rings. The minimum absolute atomic E-state index is 1.14. The van der Waals surface area contributed by atoms with E-state index in [-0.39, 0.29) is 0 Å². The minimum Gasteiger partial charge on any atom is -0.0798 e. The second-order valence-electron chi connectivity index (χ2n) is 4.45. The monoisotopic (exact) mass is 200 g/mol. The van der Waals surface area contributed by atoms with Crippen LogP contribution in [0.2, 0.25) is 0 Å². The van der Waals surface area contributed by atoms with Gasteiger partial charge in [0.05, 0.1) is 0 Å². The highest BCUT2D eigenvalue weighted by Crippen LogP contribution is 2.35. The fraction of sp³-hybridized carbons (Fsp3) is 0.467. The summed E-state index contributed by atoms with van der Waals surface area (Å²) < 4.78 is 0. The van der Waals surface area contributed by atoms with Crippen molar-refractivity contribution in [2.75, 3.05) is 0 Å². The number of rotatable bonds is 4. The predicted molar refractivity (Wildman–Crippen MR) is 66.8 cm³/mol. The van der Waals surface area contributed by atoms with Crippen LogP contribution in [0, 0.1) is 0 Å². The van der Waals surface area contributed by atoms with Crippen LogP contribution in [0.5, 0.6) is 0 Å². The molecule has 0 unspecified atom stereocenters. The Morgan fingerprint density at radius 1 is 1.27 bits per heavy atom. The highest BCUT2D eigenvalue weighted by Gasteiger charge is 2.16. The molecule has 80 valence electrons. The molecule has 0 radical (unpaired) electrons. The van der Waals surface area contributed by atoms with Gasteiger partial charge in [-0.3, -0.25) is 0 Å². The van der Waals surface area contributed by atoms with Crippen LogP contribution in [0.15, 0.2) is 46.6 Å². The molecule has 0 nitrogen and oxygen atoms in total. The fourth-order valence-corrected chi connectivity index (χ4v) is 2.42. The van der Waals surface area contributed by atoms with Crippen LogP contribution in [-0.4, -0.2) is 0 Å². The zero-order chi connectivity index (χ0) is 10.7. The molecule has 2 rings (SSSR count). The van der Waals surface area contributed by atoms with Gasteiger partial charge in [-0.15, -0.1) is 0 Å². The molecule has 0 aromatic heterocycles. The Morgan fingerprint density at radius 3 is 2.80 bits per heavy atom. The summed E-state index contributed by atoms with van der Waals surface area (Å²) in [6.07, 6.45) is 15.5. The normalized spacial score (nSPS) is 19.9. The van der Waals surface area contributed by atoms with Crippen molar-refractivity contribution in [2.45, 2.75) is 46.0 Å². The van der Waals surface area contributed by atoms with Gasteiger partial charge in [0, 0.05) is 0 Å². The summed E-state index contributed by atoms with van der Waals surface area (Å²) in [7, 11) is 0. The molecule has 0 atom stereocenters. The summed E-state index contributed by atoms with van der Waals surface area (Å²) in [5, 5.41) is 0. The van der Waals surface area contributed by atoms with E-state index in [0.29, 0.717) is 0 Å². The molecule has 2 aliphatic carbocycles. The van der Waals surface area contributed by atoms with Crippen LogP contribution in [0.1, 0.15) is 46.0 Å². The number of hydrogen-bond acceptors (Lipinski definition) is 0.